The maximum absolute atomic E-state index is 12.9. The van der Waals surface area contributed by atoms with Crippen LogP contribution in [0.2, 0.25) is 0 Å². The summed E-state index contributed by atoms with van der Waals surface area (Å²) in [4.78, 5) is 24.4. The highest BCUT2D eigenvalue weighted by molar-refractivity contribution is 6.02. The molecule has 0 aliphatic carbocycles. The van der Waals surface area contributed by atoms with E-state index in [0.29, 0.717) is 23.6 Å². The molecule has 7 heteroatoms. The standard InChI is InChI=1S/C21H19FN2O4/c1-27-13-18-10-11-19(28-18)21(26)24-17-8-4-15(5-9-17)20(25)23-12-14-2-6-16(22)7-3-14/h2-11H,12-13H2,1H3,(H,23,25)(H,24,26). The minimum atomic E-state index is -0.393. The van der Waals surface area contributed by atoms with Gasteiger partial charge in [-0.15, -0.1) is 0 Å². The summed E-state index contributed by atoms with van der Waals surface area (Å²) in [6.07, 6.45) is 0. The highest BCUT2D eigenvalue weighted by atomic mass is 19.1. The van der Waals surface area contributed by atoms with E-state index in [2.05, 4.69) is 10.6 Å². The van der Waals surface area contributed by atoms with Crippen LogP contribution in [0.15, 0.2) is 65.1 Å². The first-order chi connectivity index (χ1) is 13.5. The minimum absolute atomic E-state index is 0.174. The van der Waals surface area contributed by atoms with Crippen molar-refractivity contribution in [2.45, 2.75) is 13.2 Å². The van der Waals surface area contributed by atoms with E-state index in [0.717, 1.165) is 5.56 Å². The molecule has 3 aromatic rings. The van der Waals surface area contributed by atoms with Crippen molar-refractivity contribution in [2.75, 3.05) is 12.4 Å². The minimum Gasteiger partial charge on any atom is -0.453 e. The Labute approximate surface area is 161 Å². The smallest absolute Gasteiger partial charge is 0.291 e. The molecule has 0 fully saturated rings. The fourth-order valence-corrected chi connectivity index (χ4v) is 2.50. The predicted octanol–water partition coefficient (Wildman–Crippen LogP) is 3.75. The van der Waals surface area contributed by atoms with Crippen LogP contribution in [0.5, 0.6) is 0 Å². The number of carbonyl (C=O) groups excluding carboxylic acids is 2. The summed E-state index contributed by atoms with van der Waals surface area (Å²) in [5.74, 6) is -0.250. The van der Waals surface area contributed by atoms with Crippen LogP contribution >= 0.6 is 0 Å². The molecule has 28 heavy (non-hydrogen) atoms. The van der Waals surface area contributed by atoms with Gasteiger partial charge in [0.1, 0.15) is 18.2 Å². The topological polar surface area (TPSA) is 80.6 Å². The second kappa shape index (κ2) is 8.96. The third kappa shape index (κ3) is 5.05. The summed E-state index contributed by atoms with van der Waals surface area (Å²) in [6, 6.07) is 15.6. The average Bonchev–Trinajstić information content (AvgIpc) is 3.17. The van der Waals surface area contributed by atoms with Gasteiger partial charge in [0.05, 0.1) is 0 Å². The van der Waals surface area contributed by atoms with Gasteiger partial charge in [0, 0.05) is 24.9 Å². The van der Waals surface area contributed by atoms with Crippen molar-refractivity contribution in [2.24, 2.45) is 0 Å². The van der Waals surface area contributed by atoms with E-state index in [1.807, 2.05) is 0 Å². The van der Waals surface area contributed by atoms with Crippen molar-refractivity contribution in [3.8, 4) is 0 Å². The number of furan rings is 1. The molecule has 0 unspecified atom stereocenters. The Morgan fingerprint density at radius 2 is 1.68 bits per heavy atom. The van der Waals surface area contributed by atoms with Crippen LogP contribution in [0.25, 0.3) is 0 Å². The number of benzene rings is 2. The summed E-state index contributed by atoms with van der Waals surface area (Å²) in [7, 11) is 1.54. The fraction of sp³-hybridized carbons (Fsp3) is 0.143. The SMILES string of the molecule is COCc1ccc(C(=O)Nc2ccc(C(=O)NCc3ccc(F)cc3)cc2)o1. The number of hydrogen-bond donors (Lipinski definition) is 2. The molecule has 3 rings (SSSR count). The third-order valence-corrected chi connectivity index (χ3v) is 3.94. The summed E-state index contributed by atoms with van der Waals surface area (Å²) < 4.78 is 23.2. The van der Waals surface area contributed by atoms with Crippen molar-refractivity contribution >= 4 is 17.5 Å². The van der Waals surface area contributed by atoms with Crippen molar-refractivity contribution in [3.05, 3.63) is 89.1 Å². The number of hydrogen-bond acceptors (Lipinski definition) is 4. The first-order valence-corrected chi connectivity index (χ1v) is 8.57. The summed E-state index contributed by atoms with van der Waals surface area (Å²) >= 11 is 0. The maximum atomic E-state index is 12.9. The first kappa shape index (κ1) is 19.3. The molecular formula is C21H19FN2O4. The van der Waals surface area contributed by atoms with Crippen LogP contribution in [0.1, 0.15) is 32.2 Å². The van der Waals surface area contributed by atoms with E-state index in [1.165, 1.54) is 12.1 Å². The van der Waals surface area contributed by atoms with Gasteiger partial charge in [-0.05, 0) is 54.1 Å². The van der Waals surface area contributed by atoms with Gasteiger partial charge >= 0.3 is 0 Å². The van der Waals surface area contributed by atoms with Crippen LogP contribution in [-0.4, -0.2) is 18.9 Å². The Morgan fingerprint density at radius 1 is 0.964 bits per heavy atom. The highest BCUT2D eigenvalue weighted by Crippen LogP contribution is 2.14. The maximum Gasteiger partial charge on any atom is 0.291 e. The lowest BCUT2D eigenvalue weighted by Crippen LogP contribution is -2.22. The van der Waals surface area contributed by atoms with E-state index in [4.69, 9.17) is 9.15 Å². The molecular weight excluding hydrogens is 363 g/mol. The number of methoxy groups -OCH3 is 1. The Kier molecular flexibility index (Phi) is 6.18. The number of rotatable bonds is 7. The Bertz CT molecular complexity index is 949. The van der Waals surface area contributed by atoms with Crippen molar-refractivity contribution in [1.29, 1.82) is 0 Å². The Morgan fingerprint density at radius 3 is 2.36 bits per heavy atom. The number of carbonyl (C=O) groups is 2. The highest BCUT2D eigenvalue weighted by Gasteiger charge is 2.12. The fourth-order valence-electron chi connectivity index (χ4n) is 2.50. The van der Waals surface area contributed by atoms with E-state index in [9.17, 15) is 14.0 Å². The molecule has 0 bridgehead atoms. The number of amides is 2. The van der Waals surface area contributed by atoms with Crippen LogP contribution in [0.3, 0.4) is 0 Å². The van der Waals surface area contributed by atoms with E-state index < -0.39 is 5.91 Å². The van der Waals surface area contributed by atoms with Crippen molar-refractivity contribution in [1.82, 2.24) is 5.32 Å². The predicted molar refractivity (Wildman–Crippen MR) is 101 cm³/mol. The van der Waals surface area contributed by atoms with E-state index in [-0.39, 0.29) is 24.1 Å². The van der Waals surface area contributed by atoms with Gasteiger partial charge in [-0.2, -0.15) is 0 Å². The van der Waals surface area contributed by atoms with Gasteiger partial charge < -0.3 is 19.8 Å². The zero-order chi connectivity index (χ0) is 19.9. The molecule has 2 aromatic carbocycles. The Hall–Kier alpha value is -3.45. The van der Waals surface area contributed by atoms with Crippen LogP contribution < -0.4 is 10.6 Å². The molecule has 1 heterocycles. The average molecular weight is 382 g/mol. The molecule has 6 nitrogen and oxygen atoms in total. The van der Waals surface area contributed by atoms with Crippen LogP contribution in [0, 0.1) is 5.82 Å². The van der Waals surface area contributed by atoms with Crippen molar-refractivity contribution < 1.29 is 23.1 Å². The van der Waals surface area contributed by atoms with E-state index >= 15 is 0 Å². The lowest BCUT2D eigenvalue weighted by Gasteiger charge is -2.07. The summed E-state index contributed by atoms with van der Waals surface area (Å²) in [5.41, 5.74) is 1.77. The second-order valence-corrected chi connectivity index (χ2v) is 6.04. The molecule has 0 atom stereocenters. The molecule has 2 amide bonds. The molecule has 0 saturated carbocycles. The quantitative estimate of drug-likeness (QED) is 0.652. The molecule has 2 N–H and O–H groups in total. The van der Waals surface area contributed by atoms with Gasteiger partial charge in [0.15, 0.2) is 5.76 Å². The van der Waals surface area contributed by atoms with Crippen LogP contribution in [0.4, 0.5) is 10.1 Å². The number of nitrogens with one attached hydrogen (secondary N) is 2. The molecule has 0 radical (unpaired) electrons. The number of anilines is 1. The number of halogens is 1. The van der Waals surface area contributed by atoms with Crippen LogP contribution in [-0.2, 0) is 17.9 Å². The summed E-state index contributed by atoms with van der Waals surface area (Å²) in [5, 5.41) is 5.46. The lowest BCUT2D eigenvalue weighted by atomic mass is 10.1. The third-order valence-electron chi connectivity index (χ3n) is 3.94. The molecule has 0 spiro atoms. The zero-order valence-corrected chi connectivity index (χ0v) is 15.2. The van der Waals surface area contributed by atoms with Gasteiger partial charge in [-0.3, -0.25) is 9.59 Å². The molecule has 1 aromatic heterocycles. The largest absolute Gasteiger partial charge is 0.453 e. The van der Waals surface area contributed by atoms with E-state index in [1.54, 1.807) is 55.6 Å². The molecule has 0 saturated heterocycles. The Balaban J connectivity index is 1.55. The van der Waals surface area contributed by atoms with Gasteiger partial charge in [-0.1, -0.05) is 12.1 Å². The van der Waals surface area contributed by atoms with Gasteiger partial charge in [0.25, 0.3) is 11.8 Å². The first-order valence-electron chi connectivity index (χ1n) is 8.57. The zero-order valence-electron chi connectivity index (χ0n) is 15.2. The molecule has 0 aliphatic heterocycles. The molecule has 144 valence electrons. The van der Waals surface area contributed by atoms with Gasteiger partial charge in [-0.25, -0.2) is 4.39 Å². The second-order valence-electron chi connectivity index (χ2n) is 6.04. The van der Waals surface area contributed by atoms with Crippen molar-refractivity contribution in [3.63, 3.8) is 0 Å². The van der Waals surface area contributed by atoms with Gasteiger partial charge in [0.2, 0.25) is 0 Å². The monoisotopic (exact) mass is 382 g/mol. The number of ether oxygens (including phenoxy) is 1. The normalized spacial score (nSPS) is 10.5. The summed E-state index contributed by atoms with van der Waals surface area (Å²) in [6.45, 7) is 0.578. The molecule has 0 aliphatic rings. The lowest BCUT2D eigenvalue weighted by molar-refractivity contribution is 0.0950.